The Labute approximate surface area is 128 Å². The molecule has 0 atom stereocenters. The van der Waals surface area contributed by atoms with Crippen molar-refractivity contribution in [2.45, 2.75) is 19.9 Å². The van der Waals surface area contributed by atoms with Gasteiger partial charge in [0.1, 0.15) is 10.9 Å². The lowest BCUT2D eigenvalue weighted by atomic mass is 9.99. The second-order valence-corrected chi connectivity index (χ2v) is 5.64. The molecule has 0 saturated heterocycles. The van der Waals surface area contributed by atoms with Gasteiger partial charge in [0.2, 0.25) is 0 Å². The van der Waals surface area contributed by atoms with E-state index in [0.29, 0.717) is 23.8 Å². The molecule has 108 valence electrons. The fourth-order valence-corrected chi connectivity index (χ4v) is 2.90. The van der Waals surface area contributed by atoms with Crippen molar-refractivity contribution in [3.05, 3.63) is 57.9 Å². The van der Waals surface area contributed by atoms with Crippen molar-refractivity contribution in [2.75, 3.05) is 6.54 Å². The van der Waals surface area contributed by atoms with Crippen molar-refractivity contribution < 1.29 is 9.90 Å². The van der Waals surface area contributed by atoms with Gasteiger partial charge in [-0.05, 0) is 48.7 Å². The second kappa shape index (κ2) is 5.37. The minimum atomic E-state index is -0.0589. The summed E-state index contributed by atoms with van der Waals surface area (Å²) in [7, 11) is 0. The molecule has 5 heteroatoms. The van der Waals surface area contributed by atoms with Crippen LogP contribution in [0.4, 0.5) is 0 Å². The summed E-state index contributed by atoms with van der Waals surface area (Å²) in [6.07, 6.45) is 0.791. The molecule has 1 aromatic heterocycles. The zero-order valence-electron chi connectivity index (χ0n) is 11.6. The molecule has 1 aliphatic rings. The van der Waals surface area contributed by atoms with Crippen LogP contribution >= 0.6 is 11.6 Å². The molecule has 1 aromatic carbocycles. The van der Waals surface area contributed by atoms with E-state index in [2.05, 4.69) is 4.98 Å². The zero-order chi connectivity index (χ0) is 15.0. The van der Waals surface area contributed by atoms with Gasteiger partial charge in [-0.25, -0.2) is 4.98 Å². The third-order valence-electron chi connectivity index (χ3n) is 3.66. The van der Waals surface area contributed by atoms with Gasteiger partial charge in [-0.2, -0.15) is 0 Å². The quantitative estimate of drug-likeness (QED) is 0.824. The van der Waals surface area contributed by atoms with Gasteiger partial charge in [-0.3, -0.25) is 4.79 Å². The second-order valence-electron chi connectivity index (χ2n) is 5.25. The number of aryl methyl sites for hydroxylation is 1. The maximum Gasteiger partial charge on any atom is 0.254 e. The SMILES string of the molecule is Cc1cc(C(=O)N2CCc3ccc(O)cc3C2)cc(Cl)n1. The summed E-state index contributed by atoms with van der Waals surface area (Å²) >= 11 is 5.92. The number of rotatable bonds is 1. The zero-order valence-corrected chi connectivity index (χ0v) is 12.4. The van der Waals surface area contributed by atoms with Crippen molar-refractivity contribution in [3.63, 3.8) is 0 Å². The molecule has 0 aliphatic carbocycles. The Morgan fingerprint density at radius 2 is 2.10 bits per heavy atom. The molecule has 0 unspecified atom stereocenters. The van der Waals surface area contributed by atoms with Crippen LogP contribution in [0.25, 0.3) is 0 Å². The van der Waals surface area contributed by atoms with Gasteiger partial charge in [-0.1, -0.05) is 17.7 Å². The normalized spacial score (nSPS) is 13.9. The molecule has 21 heavy (non-hydrogen) atoms. The summed E-state index contributed by atoms with van der Waals surface area (Å²) in [6, 6.07) is 8.66. The van der Waals surface area contributed by atoms with Crippen molar-refractivity contribution in [2.24, 2.45) is 0 Å². The first-order valence-electron chi connectivity index (χ1n) is 6.77. The third-order valence-corrected chi connectivity index (χ3v) is 3.85. The molecule has 4 nitrogen and oxygen atoms in total. The van der Waals surface area contributed by atoms with E-state index >= 15 is 0 Å². The van der Waals surface area contributed by atoms with Gasteiger partial charge < -0.3 is 10.0 Å². The van der Waals surface area contributed by atoms with Crippen LogP contribution in [0.15, 0.2) is 30.3 Å². The van der Waals surface area contributed by atoms with Crippen LogP contribution in [0.3, 0.4) is 0 Å². The fourth-order valence-electron chi connectivity index (χ4n) is 2.65. The minimum Gasteiger partial charge on any atom is -0.508 e. The molecule has 1 amide bonds. The highest BCUT2D eigenvalue weighted by Gasteiger charge is 2.22. The summed E-state index contributed by atoms with van der Waals surface area (Å²) in [5, 5.41) is 9.90. The minimum absolute atomic E-state index is 0.0589. The van der Waals surface area contributed by atoms with Gasteiger partial charge in [0.15, 0.2) is 0 Å². The molecule has 0 radical (unpaired) electrons. The maximum absolute atomic E-state index is 12.6. The van der Waals surface area contributed by atoms with Gasteiger partial charge in [0, 0.05) is 24.3 Å². The van der Waals surface area contributed by atoms with Crippen LogP contribution in [0.2, 0.25) is 5.15 Å². The average molecular weight is 303 g/mol. The van der Waals surface area contributed by atoms with Crippen molar-refractivity contribution in [3.8, 4) is 5.75 Å². The van der Waals surface area contributed by atoms with Crippen LogP contribution in [0.1, 0.15) is 27.2 Å². The number of benzene rings is 1. The Morgan fingerprint density at radius 3 is 2.86 bits per heavy atom. The lowest BCUT2D eigenvalue weighted by molar-refractivity contribution is 0.0734. The Kier molecular flexibility index (Phi) is 3.55. The first-order valence-corrected chi connectivity index (χ1v) is 7.15. The predicted octanol–water partition coefficient (Wildman–Crippen LogP) is 2.95. The molecular weight excluding hydrogens is 288 g/mol. The summed E-state index contributed by atoms with van der Waals surface area (Å²) < 4.78 is 0. The van der Waals surface area contributed by atoms with E-state index in [9.17, 15) is 9.90 Å². The number of carbonyl (C=O) groups is 1. The number of phenols is 1. The van der Waals surface area contributed by atoms with Gasteiger partial charge in [0.25, 0.3) is 5.91 Å². The smallest absolute Gasteiger partial charge is 0.254 e. The standard InChI is InChI=1S/C16H15ClN2O2/c1-10-6-12(8-15(17)18-10)16(21)19-5-4-11-2-3-14(20)7-13(11)9-19/h2-3,6-8,20H,4-5,9H2,1H3. The third kappa shape index (κ3) is 2.85. The number of phenolic OH excluding ortho intramolecular Hbond substituents is 1. The number of aromatic nitrogens is 1. The van der Waals surface area contributed by atoms with Crippen molar-refractivity contribution in [1.29, 1.82) is 0 Å². The fraction of sp³-hybridized carbons (Fsp3) is 0.250. The number of carbonyl (C=O) groups excluding carboxylic acids is 1. The molecule has 0 bridgehead atoms. The molecule has 0 saturated carbocycles. The Bertz CT molecular complexity index is 695. The van der Waals surface area contributed by atoms with Crippen molar-refractivity contribution >= 4 is 17.5 Å². The number of aromatic hydroxyl groups is 1. The molecule has 0 fully saturated rings. The highest BCUT2D eigenvalue weighted by molar-refractivity contribution is 6.29. The lowest BCUT2D eigenvalue weighted by Crippen LogP contribution is -2.36. The number of hydrogen-bond donors (Lipinski definition) is 1. The predicted molar refractivity (Wildman–Crippen MR) is 80.5 cm³/mol. The van der Waals surface area contributed by atoms with Gasteiger partial charge in [0.05, 0.1) is 0 Å². The molecule has 1 N–H and O–H groups in total. The number of nitrogens with zero attached hydrogens (tertiary/aromatic N) is 2. The molecule has 1 aliphatic heterocycles. The van der Waals surface area contributed by atoms with Crippen LogP contribution in [0.5, 0.6) is 5.75 Å². The highest BCUT2D eigenvalue weighted by atomic mass is 35.5. The maximum atomic E-state index is 12.6. The van der Waals surface area contributed by atoms with E-state index in [1.807, 2.05) is 13.0 Å². The largest absolute Gasteiger partial charge is 0.508 e. The first-order chi connectivity index (χ1) is 10.0. The van der Waals surface area contributed by atoms with E-state index in [1.165, 1.54) is 5.56 Å². The molecule has 3 rings (SSSR count). The van der Waals surface area contributed by atoms with E-state index < -0.39 is 0 Å². The summed E-state index contributed by atoms with van der Waals surface area (Å²) in [5.74, 6) is 0.169. The Morgan fingerprint density at radius 1 is 1.29 bits per heavy atom. The molecule has 0 spiro atoms. The number of halogens is 1. The van der Waals surface area contributed by atoms with Crippen LogP contribution in [-0.4, -0.2) is 27.4 Å². The van der Waals surface area contributed by atoms with E-state index in [1.54, 1.807) is 29.2 Å². The van der Waals surface area contributed by atoms with Gasteiger partial charge in [-0.15, -0.1) is 0 Å². The topological polar surface area (TPSA) is 53.4 Å². The summed E-state index contributed by atoms with van der Waals surface area (Å²) in [4.78, 5) is 18.4. The summed E-state index contributed by atoms with van der Waals surface area (Å²) in [5.41, 5.74) is 3.45. The molecule has 2 aromatic rings. The monoisotopic (exact) mass is 302 g/mol. The number of hydrogen-bond acceptors (Lipinski definition) is 3. The molecule has 2 heterocycles. The highest BCUT2D eigenvalue weighted by Crippen LogP contribution is 2.24. The Balaban J connectivity index is 1.86. The Hall–Kier alpha value is -2.07. The average Bonchev–Trinajstić information content (AvgIpc) is 2.44. The number of fused-ring (bicyclic) bond motifs is 1. The molecular formula is C16H15ClN2O2. The summed E-state index contributed by atoms with van der Waals surface area (Å²) in [6.45, 7) is 2.98. The van der Waals surface area contributed by atoms with Crippen LogP contribution < -0.4 is 0 Å². The number of pyridine rings is 1. The van der Waals surface area contributed by atoms with E-state index in [0.717, 1.165) is 17.7 Å². The van der Waals surface area contributed by atoms with Gasteiger partial charge >= 0.3 is 0 Å². The van der Waals surface area contributed by atoms with Crippen molar-refractivity contribution in [1.82, 2.24) is 9.88 Å². The lowest BCUT2D eigenvalue weighted by Gasteiger charge is -2.29. The van der Waals surface area contributed by atoms with E-state index in [4.69, 9.17) is 11.6 Å². The number of amides is 1. The first kappa shape index (κ1) is 13.9. The van der Waals surface area contributed by atoms with Crippen LogP contribution in [-0.2, 0) is 13.0 Å². The van der Waals surface area contributed by atoms with E-state index in [-0.39, 0.29) is 11.7 Å². The van der Waals surface area contributed by atoms with Crippen LogP contribution in [0, 0.1) is 6.92 Å².